The Morgan fingerprint density at radius 1 is 0.886 bits per heavy atom. The van der Waals surface area contributed by atoms with E-state index in [9.17, 15) is 14.4 Å². The first-order valence-electron chi connectivity index (χ1n) is 10.5. The summed E-state index contributed by atoms with van der Waals surface area (Å²) in [5, 5.41) is 8.90. The first kappa shape index (κ1) is 23.7. The van der Waals surface area contributed by atoms with Gasteiger partial charge in [0.05, 0.1) is 18.5 Å². The van der Waals surface area contributed by atoms with Crippen molar-refractivity contribution in [3.05, 3.63) is 90.0 Å². The van der Waals surface area contributed by atoms with Crippen molar-refractivity contribution in [1.82, 2.24) is 0 Å². The zero-order valence-electron chi connectivity index (χ0n) is 18.6. The fraction of sp³-hybridized carbons (Fsp3) is 0.0769. The Morgan fingerprint density at radius 2 is 1.43 bits per heavy atom. The van der Waals surface area contributed by atoms with Gasteiger partial charge in [0, 0.05) is 0 Å². The molecule has 35 heavy (non-hydrogen) atoms. The van der Waals surface area contributed by atoms with Crippen LogP contribution in [0.1, 0.15) is 5.56 Å². The Labute approximate surface area is 206 Å². The number of carboxylic acid groups (broad SMARTS) is 1. The summed E-state index contributed by atoms with van der Waals surface area (Å²) in [6.45, 7) is -0.538. The van der Waals surface area contributed by atoms with E-state index in [1.54, 1.807) is 60.7 Å². The average Bonchev–Trinajstić information content (AvgIpc) is 2.87. The molecule has 1 heterocycles. The third kappa shape index (κ3) is 4.90. The lowest BCUT2D eigenvalue weighted by molar-refractivity contribution is -0.139. The van der Waals surface area contributed by atoms with Gasteiger partial charge in [0.15, 0.2) is 23.2 Å². The van der Waals surface area contributed by atoms with Gasteiger partial charge in [0.1, 0.15) is 5.57 Å². The van der Waals surface area contributed by atoms with Gasteiger partial charge in [-0.25, -0.2) is 4.79 Å². The highest BCUT2D eigenvalue weighted by Gasteiger charge is 2.41. The topological polar surface area (TPSA) is 96.4 Å². The van der Waals surface area contributed by atoms with E-state index >= 15 is 0 Å². The number of aliphatic carboxylic acids is 1. The lowest BCUT2D eigenvalue weighted by Gasteiger charge is -2.36. The maximum Gasteiger partial charge on any atom is 0.341 e. The number of nitrogens with zero attached hydrogens (tertiary/aromatic N) is 2. The van der Waals surface area contributed by atoms with Crippen LogP contribution < -0.4 is 19.3 Å². The fourth-order valence-corrected chi connectivity index (χ4v) is 3.92. The predicted molar refractivity (Wildman–Crippen MR) is 135 cm³/mol. The van der Waals surface area contributed by atoms with Crippen LogP contribution in [0.25, 0.3) is 6.08 Å². The molecule has 8 nitrogen and oxygen atoms in total. The maximum atomic E-state index is 13.5. The number of methoxy groups -OCH3 is 1. The Hall–Kier alpha value is -4.50. The highest BCUT2D eigenvalue weighted by Crippen LogP contribution is 2.32. The van der Waals surface area contributed by atoms with E-state index in [1.807, 2.05) is 12.1 Å². The van der Waals surface area contributed by atoms with Gasteiger partial charge in [0.2, 0.25) is 0 Å². The summed E-state index contributed by atoms with van der Waals surface area (Å²) in [5.74, 6) is -1.79. The minimum absolute atomic E-state index is 0.0459. The molecule has 0 atom stereocenters. The molecule has 1 N–H and O–H groups in total. The molecule has 0 saturated carbocycles. The summed E-state index contributed by atoms with van der Waals surface area (Å²) < 4.78 is 10.5. The summed E-state index contributed by atoms with van der Waals surface area (Å²) >= 11 is 5.59. The second-order valence-corrected chi connectivity index (χ2v) is 7.75. The lowest BCUT2D eigenvalue weighted by atomic mass is 10.0. The van der Waals surface area contributed by atoms with Crippen molar-refractivity contribution in [3.63, 3.8) is 0 Å². The Bertz CT molecular complexity index is 1260. The first-order valence-corrected chi connectivity index (χ1v) is 10.9. The number of hydrogen-bond donors (Lipinski definition) is 1. The molecule has 0 unspecified atom stereocenters. The van der Waals surface area contributed by atoms with E-state index < -0.39 is 24.4 Å². The minimum atomic E-state index is -1.13. The predicted octanol–water partition coefficient (Wildman–Crippen LogP) is 3.91. The van der Waals surface area contributed by atoms with Crippen molar-refractivity contribution in [2.45, 2.75) is 0 Å². The van der Waals surface area contributed by atoms with Crippen LogP contribution in [-0.4, -0.2) is 41.7 Å². The molecule has 1 aliphatic heterocycles. The highest BCUT2D eigenvalue weighted by molar-refractivity contribution is 7.81. The summed E-state index contributed by atoms with van der Waals surface area (Å²) in [4.78, 5) is 40.5. The van der Waals surface area contributed by atoms with Crippen LogP contribution in [0, 0.1) is 0 Å². The molecule has 1 aliphatic rings. The van der Waals surface area contributed by atoms with E-state index in [4.69, 9.17) is 26.8 Å². The quantitative estimate of drug-likeness (QED) is 0.306. The molecule has 0 radical (unpaired) electrons. The standard InChI is InChI=1S/C26H20N2O6S/c1-33-22-15-17(12-13-21(22)34-16-23(29)30)14-20-24(31)27(18-8-4-2-5-9-18)26(35)28(25(20)32)19-10-6-3-7-11-19/h2-15H,16H2,1H3,(H,29,30). The monoisotopic (exact) mass is 488 g/mol. The van der Waals surface area contributed by atoms with Crippen molar-refractivity contribution in [2.75, 3.05) is 23.5 Å². The van der Waals surface area contributed by atoms with Crippen molar-refractivity contribution >= 4 is 52.6 Å². The molecule has 3 aromatic carbocycles. The summed E-state index contributed by atoms with van der Waals surface area (Å²) in [6.07, 6.45) is 1.45. The van der Waals surface area contributed by atoms with Gasteiger partial charge >= 0.3 is 5.97 Å². The minimum Gasteiger partial charge on any atom is -0.493 e. The third-order valence-corrected chi connectivity index (χ3v) is 5.49. The van der Waals surface area contributed by atoms with Gasteiger partial charge in [-0.3, -0.25) is 19.4 Å². The van der Waals surface area contributed by atoms with E-state index in [0.29, 0.717) is 16.9 Å². The van der Waals surface area contributed by atoms with Crippen LogP contribution in [-0.2, 0) is 14.4 Å². The maximum absolute atomic E-state index is 13.5. The van der Waals surface area contributed by atoms with Crippen LogP contribution in [0.3, 0.4) is 0 Å². The number of carbonyl (C=O) groups is 3. The molecule has 9 heteroatoms. The van der Waals surface area contributed by atoms with Crippen LogP contribution in [0.2, 0.25) is 0 Å². The molecule has 176 valence electrons. The number of ether oxygens (including phenoxy) is 2. The van der Waals surface area contributed by atoms with Gasteiger partial charge in [-0.05, 0) is 60.3 Å². The lowest BCUT2D eigenvalue weighted by Crippen LogP contribution is -2.56. The Morgan fingerprint density at radius 3 is 1.91 bits per heavy atom. The molecular formula is C26H20N2O6S. The Balaban J connectivity index is 1.79. The molecule has 0 aromatic heterocycles. The van der Waals surface area contributed by atoms with Gasteiger partial charge < -0.3 is 14.6 Å². The van der Waals surface area contributed by atoms with E-state index in [2.05, 4.69) is 0 Å². The van der Waals surface area contributed by atoms with Crippen LogP contribution >= 0.6 is 12.2 Å². The smallest absolute Gasteiger partial charge is 0.341 e. The number of hydrogen-bond acceptors (Lipinski definition) is 6. The second-order valence-electron chi connectivity index (χ2n) is 7.39. The van der Waals surface area contributed by atoms with Crippen molar-refractivity contribution in [2.24, 2.45) is 0 Å². The number of rotatable bonds is 7. The van der Waals surface area contributed by atoms with E-state index in [1.165, 1.54) is 29.1 Å². The molecular weight excluding hydrogens is 468 g/mol. The van der Waals surface area contributed by atoms with Gasteiger partial charge in [-0.15, -0.1) is 0 Å². The molecule has 0 aliphatic carbocycles. The number of amides is 2. The van der Waals surface area contributed by atoms with Crippen LogP contribution in [0.5, 0.6) is 11.5 Å². The van der Waals surface area contributed by atoms with E-state index in [-0.39, 0.29) is 22.2 Å². The number of carboxylic acids is 1. The van der Waals surface area contributed by atoms with Gasteiger partial charge in [0.25, 0.3) is 11.8 Å². The molecule has 0 bridgehead atoms. The molecule has 3 aromatic rings. The summed E-state index contributed by atoms with van der Waals surface area (Å²) in [5.41, 5.74) is 1.43. The molecule has 0 spiro atoms. The Kier molecular flexibility index (Phi) is 6.88. The summed E-state index contributed by atoms with van der Waals surface area (Å²) in [6, 6.07) is 22.3. The van der Waals surface area contributed by atoms with Crippen molar-refractivity contribution < 1.29 is 29.0 Å². The zero-order valence-corrected chi connectivity index (χ0v) is 19.4. The van der Waals surface area contributed by atoms with Gasteiger partial charge in [-0.2, -0.15) is 0 Å². The van der Waals surface area contributed by atoms with Crippen LogP contribution in [0.15, 0.2) is 84.4 Å². The second kappa shape index (κ2) is 10.2. The SMILES string of the molecule is COc1cc(C=C2C(=O)N(c3ccccc3)C(=S)N(c3ccccc3)C2=O)ccc1OCC(=O)O. The normalized spacial score (nSPS) is 13.6. The van der Waals surface area contributed by atoms with E-state index in [0.717, 1.165) is 0 Å². The molecule has 1 saturated heterocycles. The number of anilines is 2. The average molecular weight is 489 g/mol. The number of benzene rings is 3. The number of para-hydroxylation sites is 2. The first-order chi connectivity index (χ1) is 16.9. The molecule has 4 rings (SSSR count). The molecule has 2 amide bonds. The number of thiocarbonyl (C=S) groups is 1. The number of carbonyl (C=O) groups excluding carboxylic acids is 2. The van der Waals surface area contributed by atoms with Crippen molar-refractivity contribution in [3.8, 4) is 11.5 Å². The summed E-state index contributed by atoms with van der Waals surface area (Å²) in [7, 11) is 1.41. The van der Waals surface area contributed by atoms with Crippen LogP contribution in [0.4, 0.5) is 11.4 Å². The zero-order chi connectivity index (χ0) is 24.9. The van der Waals surface area contributed by atoms with Crippen molar-refractivity contribution in [1.29, 1.82) is 0 Å². The van der Waals surface area contributed by atoms with Gasteiger partial charge in [-0.1, -0.05) is 42.5 Å². The largest absolute Gasteiger partial charge is 0.493 e. The highest BCUT2D eigenvalue weighted by atomic mass is 32.1. The fourth-order valence-electron chi connectivity index (χ4n) is 3.54. The molecule has 1 fully saturated rings. The third-order valence-electron chi connectivity index (χ3n) is 5.13.